The topological polar surface area (TPSA) is 47.9 Å². The number of hydrogen-bond acceptors (Lipinski definition) is 4. The van der Waals surface area contributed by atoms with E-state index in [4.69, 9.17) is 14.2 Å². The van der Waals surface area contributed by atoms with Crippen molar-refractivity contribution in [2.75, 3.05) is 20.3 Å². The molecule has 5 heteroatoms. The summed E-state index contributed by atoms with van der Waals surface area (Å²) >= 11 is 0. The van der Waals surface area contributed by atoms with Gasteiger partial charge in [0.15, 0.2) is 11.6 Å². The van der Waals surface area contributed by atoms with Crippen LogP contribution < -0.4 is 9.47 Å². The van der Waals surface area contributed by atoms with E-state index in [9.17, 15) is 9.50 Å². The van der Waals surface area contributed by atoms with Crippen molar-refractivity contribution in [3.8, 4) is 11.5 Å². The first-order valence-electron chi connectivity index (χ1n) is 6.95. The van der Waals surface area contributed by atoms with Gasteiger partial charge in [-0.1, -0.05) is 24.3 Å². The molecule has 0 amide bonds. The summed E-state index contributed by atoms with van der Waals surface area (Å²) in [5.74, 6) is 0.452. The van der Waals surface area contributed by atoms with Crippen LogP contribution in [0, 0.1) is 5.82 Å². The summed E-state index contributed by atoms with van der Waals surface area (Å²) in [5, 5.41) is 9.77. The van der Waals surface area contributed by atoms with E-state index < -0.39 is 11.9 Å². The minimum absolute atomic E-state index is 0.0243. The molecule has 1 N–H and O–H groups in total. The van der Waals surface area contributed by atoms with Crippen LogP contribution in [0.25, 0.3) is 0 Å². The number of aliphatic hydroxyl groups is 1. The fraction of sp³-hybridized carbons (Fsp3) is 0.294. The third-order valence-electron chi connectivity index (χ3n) is 3.01. The summed E-state index contributed by atoms with van der Waals surface area (Å²) in [7, 11) is 1.61. The van der Waals surface area contributed by atoms with Gasteiger partial charge in [-0.25, -0.2) is 4.39 Å². The Balaban J connectivity index is 1.69. The van der Waals surface area contributed by atoms with Crippen LogP contribution in [0.3, 0.4) is 0 Å². The molecule has 0 spiro atoms. The first-order valence-corrected chi connectivity index (χ1v) is 6.95. The molecule has 2 aromatic carbocycles. The van der Waals surface area contributed by atoms with E-state index in [-0.39, 0.29) is 19.0 Å². The SMILES string of the molecule is COc1ccc(COCC(O)COc2ccccc2F)cc1. The first kappa shape index (κ1) is 16.3. The van der Waals surface area contributed by atoms with E-state index in [1.807, 2.05) is 24.3 Å². The molecule has 2 rings (SSSR count). The molecule has 0 aliphatic rings. The van der Waals surface area contributed by atoms with Gasteiger partial charge in [0, 0.05) is 0 Å². The molecule has 0 aromatic heterocycles. The van der Waals surface area contributed by atoms with Crippen LogP contribution in [0.15, 0.2) is 48.5 Å². The van der Waals surface area contributed by atoms with E-state index >= 15 is 0 Å². The Labute approximate surface area is 129 Å². The Bertz CT molecular complexity index is 571. The fourth-order valence-corrected chi connectivity index (χ4v) is 1.83. The van der Waals surface area contributed by atoms with Gasteiger partial charge in [0.05, 0.1) is 20.3 Å². The number of aliphatic hydroxyl groups excluding tert-OH is 1. The maximum absolute atomic E-state index is 13.3. The van der Waals surface area contributed by atoms with Crippen molar-refractivity contribution in [2.24, 2.45) is 0 Å². The maximum Gasteiger partial charge on any atom is 0.165 e. The second kappa shape index (κ2) is 8.36. The standard InChI is InChI=1S/C17H19FO4/c1-20-15-8-6-13(7-9-15)10-21-11-14(19)12-22-17-5-3-2-4-16(17)18/h2-9,14,19H,10-12H2,1H3. The van der Waals surface area contributed by atoms with Crippen molar-refractivity contribution in [1.29, 1.82) is 0 Å². The largest absolute Gasteiger partial charge is 0.497 e. The Morgan fingerprint density at radius 2 is 1.77 bits per heavy atom. The van der Waals surface area contributed by atoms with E-state index in [1.165, 1.54) is 12.1 Å². The molecule has 4 nitrogen and oxygen atoms in total. The highest BCUT2D eigenvalue weighted by molar-refractivity contribution is 5.26. The molecule has 2 aromatic rings. The molecule has 0 radical (unpaired) electrons. The van der Waals surface area contributed by atoms with Gasteiger partial charge in [-0.3, -0.25) is 0 Å². The molecule has 0 saturated heterocycles. The van der Waals surface area contributed by atoms with Crippen LogP contribution in [0.4, 0.5) is 4.39 Å². The lowest BCUT2D eigenvalue weighted by Crippen LogP contribution is -2.23. The lowest BCUT2D eigenvalue weighted by Gasteiger charge is -2.13. The highest BCUT2D eigenvalue weighted by Crippen LogP contribution is 2.15. The third-order valence-corrected chi connectivity index (χ3v) is 3.01. The summed E-state index contributed by atoms with van der Waals surface area (Å²) in [5.41, 5.74) is 0.975. The Kier molecular flexibility index (Phi) is 6.18. The third kappa shape index (κ3) is 5.02. The van der Waals surface area contributed by atoms with Gasteiger partial charge in [-0.2, -0.15) is 0 Å². The minimum Gasteiger partial charge on any atom is -0.497 e. The second-order valence-electron chi connectivity index (χ2n) is 4.76. The molecule has 0 bridgehead atoms. The lowest BCUT2D eigenvalue weighted by molar-refractivity contribution is 0.00484. The quantitative estimate of drug-likeness (QED) is 0.815. The van der Waals surface area contributed by atoms with Gasteiger partial charge in [0.2, 0.25) is 0 Å². The molecule has 0 heterocycles. The zero-order valence-electron chi connectivity index (χ0n) is 12.4. The predicted molar refractivity (Wildman–Crippen MR) is 80.6 cm³/mol. The van der Waals surface area contributed by atoms with E-state index in [0.717, 1.165) is 11.3 Å². The van der Waals surface area contributed by atoms with Crippen LogP contribution in [0.2, 0.25) is 0 Å². The van der Waals surface area contributed by atoms with E-state index in [0.29, 0.717) is 6.61 Å². The maximum atomic E-state index is 13.3. The van der Waals surface area contributed by atoms with Crippen LogP contribution in [-0.2, 0) is 11.3 Å². The predicted octanol–water partition coefficient (Wildman–Crippen LogP) is 2.79. The molecular weight excluding hydrogens is 287 g/mol. The normalized spacial score (nSPS) is 12.0. The lowest BCUT2D eigenvalue weighted by atomic mass is 10.2. The zero-order valence-corrected chi connectivity index (χ0v) is 12.4. The molecule has 0 aliphatic heterocycles. The highest BCUT2D eigenvalue weighted by atomic mass is 19.1. The molecule has 0 saturated carbocycles. The Hall–Kier alpha value is -2.11. The summed E-state index contributed by atoms with van der Waals surface area (Å²) in [6.45, 7) is 0.463. The molecule has 118 valence electrons. The Morgan fingerprint density at radius 1 is 1.05 bits per heavy atom. The fourth-order valence-electron chi connectivity index (χ4n) is 1.83. The minimum atomic E-state index is -0.821. The average Bonchev–Trinajstić information content (AvgIpc) is 2.55. The summed E-state index contributed by atoms with van der Waals surface area (Å²) < 4.78 is 29.0. The number of methoxy groups -OCH3 is 1. The van der Waals surface area contributed by atoms with Crippen LogP contribution in [-0.4, -0.2) is 31.5 Å². The van der Waals surface area contributed by atoms with Gasteiger partial charge in [-0.15, -0.1) is 0 Å². The number of para-hydroxylation sites is 1. The van der Waals surface area contributed by atoms with Crippen molar-refractivity contribution >= 4 is 0 Å². The van der Waals surface area contributed by atoms with E-state index in [2.05, 4.69) is 0 Å². The smallest absolute Gasteiger partial charge is 0.165 e. The van der Waals surface area contributed by atoms with Crippen LogP contribution in [0.5, 0.6) is 11.5 Å². The van der Waals surface area contributed by atoms with Crippen molar-refractivity contribution in [3.63, 3.8) is 0 Å². The Morgan fingerprint density at radius 3 is 2.45 bits per heavy atom. The van der Waals surface area contributed by atoms with Crippen molar-refractivity contribution in [3.05, 3.63) is 59.9 Å². The summed E-state index contributed by atoms with van der Waals surface area (Å²) in [6.07, 6.45) is -0.821. The molecule has 22 heavy (non-hydrogen) atoms. The van der Waals surface area contributed by atoms with Crippen LogP contribution >= 0.6 is 0 Å². The first-order chi connectivity index (χ1) is 10.7. The summed E-state index contributed by atoms with van der Waals surface area (Å²) in [6, 6.07) is 13.5. The second-order valence-corrected chi connectivity index (χ2v) is 4.76. The van der Waals surface area contributed by atoms with Gasteiger partial charge in [0.25, 0.3) is 0 Å². The average molecular weight is 306 g/mol. The summed E-state index contributed by atoms with van der Waals surface area (Å²) in [4.78, 5) is 0. The van der Waals surface area contributed by atoms with Crippen molar-refractivity contribution in [2.45, 2.75) is 12.7 Å². The molecule has 1 atom stereocenters. The molecular formula is C17H19FO4. The van der Waals surface area contributed by atoms with Crippen molar-refractivity contribution < 1.29 is 23.7 Å². The molecule has 1 unspecified atom stereocenters. The molecule has 0 aliphatic carbocycles. The monoisotopic (exact) mass is 306 g/mol. The van der Waals surface area contributed by atoms with Crippen LogP contribution in [0.1, 0.15) is 5.56 Å². The number of rotatable bonds is 8. The van der Waals surface area contributed by atoms with E-state index in [1.54, 1.807) is 19.2 Å². The molecule has 0 fully saturated rings. The zero-order chi connectivity index (χ0) is 15.8. The number of hydrogen-bond donors (Lipinski definition) is 1. The number of halogens is 1. The highest BCUT2D eigenvalue weighted by Gasteiger charge is 2.08. The number of benzene rings is 2. The number of ether oxygens (including phenoxy) is 3. The van der Waals surface area contributed by atoms with Crippen molar-refractivity contribution in [1.82, 2.24) is 0 Å². The van der Waals surface area contributed by atoms with Gasteiger partial charge in [-0.05, 0) is 29.8 Å². The van der Waals surface area contributed by atoms with Gasteiger partial charge < -0.3 is 19.3 Å². The van der Waals surface area contributed by atoms with Gasteiger partial charge in [0.1, 0.15) is 18.5 Å². The van der Waals surface area contributed by atoms with Gasteiger partial charge >= 0.3 is 0 Å².